The fourth-order valence-electron chi connectivity index (χ4n) is 2.89. The van der Waals surface area contributed by atoms with Gasteiger partial charge in [0.25, 0.3) is 0 Å². The molecule has 1 heterocycles. The molecule has 0 unspecified atom stereocenters. The highest BCUT2D eigenvalue weighted by Gasteiger charge is 2.21. The molecule has 0 atom stereocenters. The summed E-state index contributed by atoms with van der Waals surface area (Å²) in [6.07, 6.45) is -0.119. The maximum Gasteiger partial charge on any atom is 0.224 e. The minimum absolute atomic E-state index is 0.119. The van der Waals surface area contributed by atoms with Crippen LogP contribution >= 0.6 is 11.6 Å². The lowest BCUT2D eigenvalue weighted by Crippen LogP contribution is -2.25. The average molecular weight is 418 g/mol. The van der Waals surface area contributed by atoms with Gasteiger partial charge in [0.2, 0.25) is 5.91 Å². The van der Waals surface area contributed by atoms with E-state index in [9.17, 15) is 13.6 Å². The first-order chi connectivity index (χ1) is 13.6. The van der Waals surface area contributed by atoms with E-state index >= 15 is 0 Å². The summed E-state index contributed by atoms with van der Waals surface area (Å²) < 4.78 is 28.4. The zero-order valence-electron chi connectivity index (χ0n) is 16.5. The second kappa shape index (κ2) is 8.33. The van der Waals surface area contributed by atoms with Crippen LogP contribution in [0, 0.1) is 11.6 Å². The highest BCUT2D eigenvalue weighted by atomic mass is 35.5. The molecule has 29 heavy (non-hydrogen) atoms. The molecule has 1 amide bonds. The van der Waals surface area contributed by atoms with Crippen molar-refractivity contribution in [2.45, 2.75) is 39.2 Å². The van der Waals surface area contributed by atoms with Gasteiger partial charge < -0.3 is 5.32 Å². The summed E-state index contributed by atoms with van der Waals surface area (Å²) in [7, 11) is 0. The van der Waals surface area contributed by atoms with Crippen molar-refractivity contribution in [2.75, 3.05) is 0 Å². The van der Waals surface area contributed by atoms with Crippen molar-refractivity contribution in [3.63, 3.8) is 0 Å². The van der Waals surface area contributed by atoms with Gasteiger partial charge in [-0.1, -0.05) is 38.4 Å². The van der Waals surface area contributed by atoms with Crippen molar-refractivity contribution in [2.24, 2.45) is 0 Å². The number of carbonyl (C=O) groups excluding carboxylic acids is 1. The molecule has 0 spiro atoms. The number of benzene rings is 2. The first-order valence-corrected chi connectivity index (χ1v) is 9.56. The number of hydrogen-bond acceptors (Lipinski definition) is 2. The molecule has 1 N–H and O–H groups in total. The third kappa shape index (κ3) is 5.41. The summed E-state index contributed by atoms with van der Waals surface area (Å²) >= 11 is 6.12. The number of hydrogen-bond donors (Lipinski definition) is 1. The molecule has 0 fully saturated rings. The summed E-state index contributed by atoms with van der Waals surface area (Å²) in [4.78, 5) is 12.3. The summed E-state index contributed by atoms with van der Waals surface area (Å²) in [5.74, 6) is -1.76. The SMILES string of the molecule is CC(C)(C)c1cc(CNC(=O)Cc2cc(F)cc(F)c2)n(-c2cccc(Cl)c2)n1. The Kier molecular flexibility index (Phi) is 6.03. The number of nitrogens with zero attached hydrogens (tertiary/aromatic N) is 2. The third-order valence-electron chi connectivity index (χ3n) is 4.36. The van der Waals surface area contributed by atoms with Gasteiger partial charge in [0, 0.05) is 16.5 Å². The highest BCUT2D eigenvalue weighted by molar-refractivity contribution is 6.30. The van der Waals surface area contributed by atoms with E-state index < -0.39 is 11.6 Å². The molecule has 7 heteroatoms. The molecular formula is C22H22ClF2N3O. The predicted molar refractivity (Wildman–Crippen MR) is 109 cm³/mol. The Bertz CT molecular complexity index is 1020. The number of carbonyl (C=O) groups is 1. The quantitative estimate of drug-likeness (QED) is 0.637. The highest BCUT2D eigenvalue weighted by Crippen LogP contribution is 2.24. The van der Waals surface area contributed by atoms with Crippen molar-refractivity contribution in [3.05, 3.63) is 82.1 Å². The molecule has 3 rings (SSSR count). The van der Waals surface area contributed by atoms with E-state index in [0.29, 0.717) is 5.02 Å². The van der Waals surface area contributed by atoms with Gasteiger partial charge in [-0.2, -0.15) is 5.10 Å². The van der Waals surface area contributed by atoms with E-state index in [-0.39, 0.29) is 29.9 Å². The van der Waals surface area contributed by atoms with E-state index in [1.54, 1.807) is 16.8 Å². The van der Waals surface area contributed by atoms with Gasteiger partial charge >= 0.3 is 0 Å². The van der Waals surface area contributed by atoms with Gasteiger partial charge in [-0.15, -0.1) is 0 Å². The third-order valence-corrected chi connectivity index (χ3v) is 4.59. The van der Waals surface area contributed by atoms with Crippen molar-refractivity contribution < 1.29 is 13.6 Å². The maximum atomic E-state index is 13.3. The number of halogens is 3. The topological polar surface area (TPSA) is 46.9 Å². The fraction of sp³-hybridized carbons (Fsp3) is 0.273. The Labute approximate surface area is 173 Å². The van der Waals surface area contributed by atoms with Crippen LogP contribution in [-0.2, 0) is 23.2 Å². The molecule has 0 aliphatic heterocycles. The average Bonchev–Trinajstić information content (AvgIpc) is 3.03. The number of amides is 1. The molecule has 1 aromatic heterocycles. The van der Waals surface area contributed by atoms with Crippen molar-refractivity contribution >= 4 is 17.5 Å². The maximum absolute atomic E-state index is 13.3. The lowest BCUT2D eigenvalue weighted by Gasteiger charge is -2.14. The Morgan fingerprint density at radius 1 is 1.10 bits per heavy atom. The van der Waals surface area contributed by atoms with Crippen LogP contribution in [0.1, 0.15) is 37.7 Å². The van der Waals surface area contributed by atoms with Crippen LogP contribution in [0.5, 0.6) is 0 Å². The molecule has 0 aliphatic rings. The molecule has 0 saturated heterocycles. The van der Waals surface area contributed by atoms with Gasteiger partial charge in [-0.3, -0.25) is 4.79 Å². The van der Waals surface area contributed by atoms with E-state index in [4.69, 9.17) is 11.6 Å². The first-order valence-electron chi connectivity index (χ1n) is 9.19. The zero-order valence-corrected chi connectivity index (χ0v) is 17.2. The summed E-state index contributed by atoms with van der Waals surface area (Å²) in [5.41, 5.74) is 2.52. The summed E-state index contributed by atoms with van der Waals surface area (Å²) in [6.45, 7) is 6.38. The molecule has 3 aromatic rings. The minimum Gasteiger partial charge on any atom is -0.350 e. The van der Waals surface area contributed by atoms with E-state index in [0.717, 1.165) is 35.3 Å². The van der Waals surface area contributed by atoms with Crippen LogP contribution in [0.15, 0.2) is 48.5 Å². The number of nitrogens with one attached hydrogen (secondary N) is 1. The van der Waals surface area contributed by atoms with Crippen LogP contribution in [0.4, 0.5) is 8.78 Å². The molecule has 0 aliphatic carbocycles. The van der Waals surface area contributed by atoms with Crippen molar-refractivity contribution in [1.29, 1.82) is 0 Å². The van der Waals surface area contributed by atoms with E-state index in [1.165, 1.54) is 0 Å². The van der Waals surface area contributed by atoms with Gasteiger partial charge in [0.05, 0.1) is 30.0 Å². The second-order valence-corrected chi connectivity index (χ2v) is 8.33. The Hall–Kier alpha value is -2.73. The van der Waals surface area contributed by atoms with Crippen LogP contribution in [0.3, 0.4) is 0 Å². The normalized spacial score (nSPS) is 11.5. The van der Waals surface area contributed by atoms with Crippen LogP contribution in [0.2, 0.25) is 5.02 Å². The Morgan fingerprint density at radius 3 is 2.41 bits per heavy atom. The van der Waals surface area contributed by atoms with Crippen LogP contribution in [-0.4, -0.2) is 15.7 Å². The first kappa shape index (κ1) is 21.0. The Morgan fingerprint density at radius 2 is 1.79 bits per heavy atom. The fourth-order valence-corrected chi connectivity index (χ4v) is 3.08. The molecule has 0 bridgehead atoms. The van der Waals surface area contributed by atoms with Crippen LogP contribution in [0.25, 0.3) is 5.69 Å². The van der Waals surface area contributed by atoms with E-state index in [1.807, 2.05) is 18.2 Å². The summed E-state index contributed by atoms with van der Waals surface area (Å²) in [5, 5.41) is 8.07. The van der Waals surface area contributed by atoms with Gasteiger partial charge in [-0.05, 0) is 42.0 Å². The number of rotatable bonds is 5. The standard InChI is InChI=1S/C22H22ClF2N3O/c1-22(2,3)20-12-19(28(27-20)18-6-4-5-15(23)10-18)13-26-21(29)9-14-7-16(24)11-17(25)8-14/h4-8,10-12H,9,13H2,1-3H3,(H,26,29). The molecule has 152 valence electrons. The molecule has 2 aromatic carbocycles. The number of aromatic nitrogens is 2. The molecular weight excluding hydrogens is 396 g/mol. The van der Waals surface area contributed by atoms with Crippen molar-refractivity contribution in [1.82, 2.24) is 15.1 Å². The van der Waals surface area contributed by atoms with E-state index in [2.05, 4.69) is 31.2 Å². The lowest BCUT2D eigenvalue weighted by molar-refractivity contribution is -0.120. The van der Waals surface area contributed by atoms with Crippen molar-refractivity contribution in [3.8, 4) is 5.69 Å². The summed E-state index contributed by atoms with van der Waals surface area (Å²) in [6, 6.07) is 12.3. The predicted octanol–water partition coefficient (Wildman–Crippen LogP) is 4.96. The largest absolute Gasteiger partial charge is 0.350 e. The van der Waals surface area contributed by atoms with Gasteiger partial charge in [-0.25, -0.2) is 13.5 Å². The molecule has 0 saturated carbocycles. The minimum atomic E-state index is -0.707. The lowest BCUT2D eigenvalue weighted by atomic mass is 9.92. The Balaban J connectivity index is 1.80. The van der Waals surface area contributed by atoms with Gasteiger partial charge in [0.1, 0.15) is 11.6 Å². The monoisotopic (exact) mass is 417 g/mol. The smallest absolute Gasteiger partial charge is 0.224 e. The van der Waals surface area contributed by atoms with Gasteiger partial charge in [0.15, 0.2) is 0 Å². The molecule has 4 nitrogen and oxygen atoms in total. The van der Waals surface area contributed by atoms with Crippen LogP contribution < -0.4 is 5.32 Å². The zero-order chi connectivity index (χ0) is 21.2. The molecule has 0 radical (unpaired) electrons. The second-order valence-electron chi connectivity index (χ2n) is 7.89.